The lowest BCUT2D eigenvalue weighted by atomic mass is 10.1. The summed E-state index contributed by atoms with van der Waals surface area (Å²) in [7, 11) is 0. The van der Waals surface area contributed by atoms with E-state index in [1.807, 2.05) is 0 Å². The fourth-order valence-corrected chi connectivity index (χ4v) is 2.90. The summed E-state index contributed by atoms with van der Waals surface area (Å²) in [5.74, 6) is -2.34. The number of fused-ring (bicyclic) bond motifs is 1. The van der Waals surface area contributed by atoms with Crippen LogP contribution >= 0.6 is 0 Å². The monoisotopic (exact) mass is 401 g/mol. The molecule has 4 rings (SSSR count). The zero-order valence-electron chi connectivity index (χ0n) is 14.4. The van der Waals surface area contributed by atoms with Crippen molar-refractivity contribution in [3.63, 3.8) is 0 Å². The van der Waals surface area contributed by atoms with E-state index in [0.29, 0.717) is 0 Å². The first-order valence-electron chi connectivity index (χ1n) is 8.19. The number of nitrogens with zero attached hydrogens (tertiary/aromatic N) is 4. The van der Waals surface area contributed by atoms with Crippen LogP contribution in [0.3, 0.4) is 0 Å². The van der Waals surface area contributed by atoms with Crippen molar-refractivity contribution in [2.75, 3.05) is 0 Å². The highest BCUT2D eigenvalue weighted by Gasteiger charge is 2.36. The number of alkyl halides is 3. The number of imide groups is 1. The molecule has 146 valence electrons. The van der Waals surface area contributed by atoms with Crippen molar-refractivity contribution in [1.29, 1.82) is 0 Å². The molecule has 0 unspecified atom stereocenters. The first-order valence-corrected chi connectivity index (χ1v) is 8.19. The predicted octanol–water partition coefficient (Wildman–Crippen LogP) is 2.04. The number of amides is 2. The smallest absolute Gasteiger partial charge is 0.308 e. The molecule has 3 heterocycles. The largest absolute Gasteiger partial charge is 0.451 e. The zero-order chi connectivity index (χ0) is 20.8. The molecule has 0 saturated heterocycles. The summed E-state index contributed by atoms with van der Waals surface area (Å²) in [5, 5.41) is 0. The molecule has 0 bridgehead atoms. The molecular weight excluding hydrogens is 391 g/mol. The van der Waals surface area contributed by atoms with Gasteiger partial charge in [0.05, 0.1) is 23.4 Å². The number of aromatic amines is 1. The van der Waals surface area contributed by atoms with Gasteiger partial charge in [-0.25, -0.2) is 14.8 Å². The number of aromatic nitrogens is 4. The molecule has 1 aliphatic rings. The van der Waals surface area contributed by atoms with E-state index in [1.165, 1.54) is 18.2 Å². The Morgan fingerprint density at radius 2 is 1.55 bits per heavy atom. The molecule has 0 atom stereocenters. The van der Waals surface area contributed by atoms with Crippen LogP contribution in [0.4, 0.5) is 13.2 Å². The third-order valence-corrected chi connectivity index (χ3v) is 4.21. The SMILES string of the molecule is O=C1c2ccccc2C(=O)N1Cc1cc(-c2cnc(C(F)(F)F)nc2)nc(=O)[nH]1. The van der Waals surface area contributed by atoms with Gasteiger partial charge in [-0.3, -0.25) is 14.5 Å². The van der Waals surface area contributed by atoms with Crippen LogP contribution in [-0.2, 0) is 12.7 Å². The van der Waals surface area contributed by atoms with Gasteiger partial charge in [0.1, 0.15) is 0 Å². The highest BCUT2D eigenvalue weighted by molar-refractivity contribution is 6.21. The van der Waals surface area contributed by atoms with Gasteiger partial charge in [0.25, 0.3) is 11.8 Å². The fraction of sp³-hybridized carbons (Fsp3) is 0.111. The van der Waals surface area contributed by atoms with Crippen molar-refractivity contribution in [3.05, 3.63) is 75.9 Å². The van der Waals surface area contributed by atoms with Gasteiger partial charge in [0.15, 0.2) is 0 Å². The number of hydrogen-bond donors (Lipinski definition) is 1. The Morgan fingerprint density at radius 1 is 0.966 bits per heavy atom. The Hall–Kier alpha value is -3.89. The van der Waals surface area contributed by atoms with Crippen LogP contribution in [-0.4, -0.2) is 36.7 Å². The van der Waals surface area contributed by atoms with Gasteiger partial charge in [0, 0.05) is 23.7 Å². The minimum Gasteiger partial charge on any atom is -0.308 e. The van der Waals surface area contributed by atoms with Gasteiger partial charge in [0.2, 0.25) is 5.82 Å². The number of benzene rings is 1. The molecule has 0 radical (unpaired) electrons. The molecule has 0 fully saturated rings. The van der Waals surface area contributed by atoms with Gasteiger partial charge < -0.3 is 4.98 Å². The van der Waals surface area contributed by atoms with E-state index in [-0.39, 0.29) is 34.6 Å². The molecule has 2 aromatic heterocycles. The molecule has 0 saturated carbocycles. The fourth-order valence-electron chi connectivity index (χ4n) is 2.90. The molecule has 8 nitrogen and oxygen atoms in total. The Bertz CT molecular complexity index is 1150. The number of nitrogens with one attached hydrogen (secondary N) is 1. The summed E-state index contributed by atoms with van der Waals surface area (Å²) in [5.41, 5.74) is -0.0271. The maximum atomic E-state index is 12.6. The van der Waals surface area contributed by atoms with Crippen LogP contribution in [0.25, 0.3) is 11.3 Å². The molecule has 11 heteroatoms. The molecule has 1 aromatic carbocycles. The van der Waals surface area contributed by atoms with Crippen LogP contribution in [0.15, 0.2) is 47.5 Å². The van der Waals surface area contributed by atoms with E-state index in [1.54, 1.807) is 12.1 Å². The topological polar surface area (TPSA) is 109 Å². The van der Waals surface area contributed by atoms with Gasteiger partial charge in [-0.2, -0.15) is 18.2 Å². The maximum Gasteiger partial charge on any atom is 0.451 e. The quantitative estimate of drug-likeness (QED) is 0.673. The van der Waals surface area contributed by atoms with Crippen molar-refractivity contribution in [3.8, 4) is 11.3 Å². The van der Waals surface area contributed by atoms with Crippen LogP contribution in [0.1, 0.15) is 32.2 Å². The summed E-state index contributed by atoms with van der Waals surface area (Å²) in [6.45, 7) is -0.238. The molecule has 1 N–H and O–H groups in total. The summed E-state index contributed by atoms with van der Waals surface area (Å²) >= 11 is 0. The maximum absolute atomic E-state index is 12.6. The summed E-state index contributed by atoms with van der Waals surface area (Å²) < 4.78 is 37.8. The van der Waals surface area contributed by atoms with Crippen LogP contribution < -0.4 is 5.69 Å². The average molecular weight is 401 g/mol. The summed E-state index contributed by atoms with van der Waals surface area (Å²) in [6, 6.07) is 7.65. The molecule has 1 aliphatic heterocycles. The third kappa shape index (κ3) is 3.37. The third-order valence-electron chi connectivity index (χ3n) is 4.21. The highest BCUT2D eigenvalue weighted by Crippen LogP contribution is 2.27. The number of rotatable bonds is 3. The Morgan fingerprint density at radius 3 is 2.10 bits per heavy atom. The van der Waals surface area contributed by atoms with Crippen molar-refractivity contribution in [2.45, 2.75) is 12.7 Å². The standard InChI is InChI=1S/C18H10F3N5O3/c19-18(20,21)16-22-6-9(7-23-16)13-5-10(24-17(29)25-13)8-26-14(27)11-3-1-2-4-12(11)15(26)28/h1-7H,8H2,(H,24,25,29). The first kappa shape index (κ1) is 18.5. The van der Waals surface area contributed by atoms with Crippen LogP contribution in [0, 0.1) is 0 Å². The minimum atomic E-state index is -4.70. The van der Waals surface area contributed by atoms with Gasteiger partial charge in [-0.15, -0.1) is 0 Å². The van der Waals surface area contributed by atoms with Gasteiger partial charge in [-0.1, -0.05) is 12.1 Å². The van der Waals surface area contributed by atoms with E-state index < -0.39 is 29.5 Å². The Balaban J connectivity index is 1.64. The van der Waals surface area contributed by atoms with E-state index in [9.17, 15) is 27.6 Å². The molecule has 0 spiro atoms. The number of carbonyl (C=O) groups excluding carboxylic acids is 2. The summed E-state index contributed by atoms with van der Waals surface area (Å²) in [4.78, 5) is 50.3. The number of carbonyl (C=O) groups is 2. The second kappa shape index (κ2) is 6.62. The Labute approximate surface area is 160 Å². The molecule has 2 amide bonds. The number of hydrogen-bond acceptors (Lipinski definition) is 6. The van der Waals surface area contributed by atoms with E-state index in [0.717, 1.165) is 17.3 Å². The molecular formula is C18H10F3N5O3. The van der Waals surface area contributed by atoms with E-state index >= 15 is 0 Å². The Kier molecular flexibility index (Phi) is 4.22. The van der Waals surface area contributed by atoms with Crippen LogP contribution in [0.2, 0.25) is 0 Å². The first-order chi connectivity index (χ1) is 13.7. The molecule has 0 aliphatic carbocycles. The lowest BCUT2D eigenvalue weighted by Crippen LogP contribution is -2.30. The van der Waals surface area contributed by atoms with Gasteiger partial charge >= 0.3 is 11.9 Å². The predicted molar refractivity (Wildman–Crippen MR) is 91.5 cm³/mol. The van der Waals surface area contributed by atoms with E-state index in [4.69, 9.17) is 0 Å². The van der Waals surface area contributed by atoms with E-state index in [2.05, 4.69) is 19.9 Å². The van der Waals surface area contributed by atoms with Crippen molar-refractivity contribution < 1.29 is 22.8 Å². The molecule has 29 heavy (non-hydrogen) atoms. The van der Waals surface area contributed by atoms with Gasteiger partial charge in [-0.05, 0) is 18.2 Å². The zero-order valence-corrected chi connectivity index (χ0v) is 14.4. The second-order valence-corrected chi connectivity index (χ2v) is 6.13. The summed E-state index contributed by atoms with van der Waals surface area (Å²) in [6.07, 6.45) is -2.91. The molecule has 3 aromatic rings. The van der Waals surface area contributed by atoms with Crippen molar-refractivity contribution >= 4 is 11.8 Å². The average Bonchev–Trinajstić information content (AvgIpc) is 2.92. The van der Waals surface area contributed by atoms with Crippen molar-refractivity contribution in [2.24, 2.45) is 0 Å². The second-order valence-electron chi connectivity index (χ2n) is 6.13. The minimum absolute atomic E-state index is 0.00841. The van der Waals surface area contributed by atoms with Crippen LogP contribution in [0.5, 0.6) is 0 Å². The number of halogens is 3. The van der Waals surface area contributed by atoms with Crippen molar-refractivity contribution in [1.82, 2.24) is 24.8 Å². The normalized spacial score (nSPS) is 13.7. The lowest BCUT2D eigenvalue weighted by Gasteiger charge is -2.14. The highest BCUT2D eigenvalue weighted by atomic mass is 19.4. The number of H-pyrrole nitrogens is 1. The lowest BCUT2D eigenvalue weighted by molar-refractivity contribution is -0.145.